The van der Waals surface area contributed by atoms with Crippen molar-refractivity contribution in [3.8, 4) is 0 Å². The molecule has 1 aliphatic rings. The topological polar surface area (TPSA) is 32.3 Å². The monoisotopic (exact) mass is 252 g/mol. The maximum absolute atomic E-state index is 11.7. The Morgan fingerprint density at radius 1 is 1.33 bits per heavy atom. The zero-order valence-electron chi connectivity index (χ0n) is 9.33. The zero-order valence-corrected chi connectivity index (χ0v) is 11.0. The molecular formula is C10H21ClN2OS. The Morgan fingerprint density at radius 3 is 2.60 bits per heavy atom. The first kappa shape index (κ1) is 15.1. The van der Waals surface area contributed by atoms with Crippen molar-refractivity contribution in [2.45, 2.75) is 19.3 Å². The lowest BCUT2D eigenvalue weighted by atomic mass is 10.2. The number of halogens is 1. The van der Waals surface area contributed by atoms with Crippen LogP contribution in [-0.4, -0.2) is 49.0 Å². The van der Waals surface area contributed by atoms with E-state index in [1.165, 1.54) is 12.2 Å². The van der Waals surface area contributed by atoms with Crippen molar-refractivity contribution in [2.75, 3.05) is 38.2 Å². The molecule has 0 spiro atoms. The number of thioether (sulfide) groups is 1. The van der Waals surface area contributed by atoms with Gasteiger partial charge in [-0.3, -0.25) is 4.79 Å². The van der Waals surface area contributed by atoms with Crippen LogP contribution in [0.4, 0.5) is 0 Å². The predicted octanol–water partition coefficient (Wildman–Crippen LogP) is 1.37. The molecule has 1 amide bonds. The van der Waals surface area contributed by atoms with Crippen molar-refractivity contribution < 1.29 is 4.79 Å². The largest absolute Gasteiger partial charge is 0.340 e. The van der Waals surface area contributed by atoms with Gasteiger partial charge in [0, 0.05) is 32.6 Å². The Kier molecular flexibility index (Phi) is 9.35. The smallest absolute Gasteiger partial charge is 0.222 e. The summed E-state index contributed by atoms with van der Waals surface area (Å²) in [4.78, 5) is 13.6. The SMILES string of the molecule is CSCCCCC(=O)N1CCNCC1.Cl. The molecule has 1 heterocycles. The van der Waals surface area contributed by atoms with Gasteiger partial charge < -0.3 is 10.2 Å². The number of piperazine rings is 1. The molecular weight excluding hydrogens is 232 g/mol. The number of nitrogens with one attached hydrogen (secondary N) is 1. The number of amides is 1. The summed E-state index contributed by atoms with van der Waals surface area (Å²) in [6.07, 6.45) is 5.06. The molecule has 0 unspecified atom stereocenters. The molecule has 15 heavy (non-hydrogen) atoms. The molecule has 5 heteroatoms. The molecule has 1 N–H and O–H groups in total. The van der Waals surface area contributed by atoms with Crippen molar-refractivity contribution in [3.05, 3.63) is 0 Å². The summed E-state index contributed by atoms with van der Waals surface area (Å²) in [5.41, 5.74) is 0. The third kappa shape index (κ3) is 6.28. The molecule has 0 atom stereocenters. The number of hydrogen-bond donors (Lipinski definition) is 1. The van der Waals surface area contributed by atoms with Crippen molar-refractivity contribution in [1.29, 1.82) is 0 Å². The van der Waals surface area contributed by atoms with Crippen LogP contribution in [0.5, 0.6) is 0 Å². The second kappa shape index (κ2) is 9.31. The summed E-state index contributed by atoms with van der Waals surface area (Å²) in [7, 11) is 0. The molecule has 3 nitrogen and oxygen atoms in total. The Labute approximate surface area is 103 Å². The van der Waals surface area contributed by atoms with Crippen molar-refractivity contribution >= 4 is 30.1 Å². The predicted molar refractivity (Wildman–Crippen MR) is 68.9 cm³/mol. The van der Waals surface area contributed by atoms with Crippen LogP contribution in [0, 0.1) is 0 Å². The van der Waals surface area contributed by atoms with Crippen LogP contribution in [0.3, 0.4) is 0 Å². The molecule has 1 rings (SSSR count). The lowest BCUT2D eigenvalue weighted by molar-refractivity contribution is -0.131. The van der Waals surface area contributed by atoms with E-state index in [-0.39, 0.29) is 12.4 Å². The molecule has 0 aromatic carbocycles. The van der Waals surface area contributed by atoms with E-state index in [0.29, 0.717) is 5.91 Å². The first-order chi connectivity index (χ1) is 6.84. The van der Waals surface area contributed by atoms with Gasteiger partial charge in [0.25, 0.3) is 0 Å². The maximum atomic E-state index is 11.7. The second-order valence-corrected chi connectivity index (χ2v) is 4.57. The van der Waals surface area contributed by atoms with Gasteiger partial charge in [-0.25, -0.2) is 0 Å². The summed E-state index contributed by atoms with van der Waals surface area (Å²) < 4.78 is 0. The normalized spacial score (nSPS) is 15.9. The minimum atomic E-state index is 0. The molecule has 0 aliphatic carbocycles. The van der Waals surface area contributed by atoms with Crippen LogP contribution < -0.4 is 5.32 Å². The van der Waals surface area contributed by atoms with Crippen molar-refractivity contribution in [2.24, 2.45) is 0 Å². The first-order valence-corrected chi connectivity index (χ1v) is 6.71. The Hall–Kier alpha value is 0.0700. The van der Waals surface area contributed by atoms with E-state index in [1.807, 2.05) is 16.7 Å². The molecule has 1 fully saturated rings. The van der Waals surface area contributed by atoms with Crippen LogP contribution in [0.2, 0.25) is 0 Å². The van der Waals surface area contributed by atoms with Crippen LogP contribution in [0.25, 0.3) is 0 Å². The standard InChI is InChI=1S/C10H20N2OS.ClH/c1-14-9-3-2-4-10(13)12-7-5-11-6-8-12;/h11H,2-9H2,1H3;1H. The third-order valence-electron chi connectivity index (χ3n) is 2.46. The first-order valence-electron chi connectivity index (χ1n) is 5.32. The van der Waals surface area contributed by atoms with Crippen LogP contribution in [-0.2, 0) is 4.79 Å². The molecule has 0 bridgehead atoms. The summed E-state index contributed by atoms with van der Waals surface area (Å²) in [5.74, 6) is 1.52. The van der Waals surface area contributed by atoms with Crippen molar-refractivity contribution in [3.63, 3.8) is 0 Å². The molecule has 0 aromatic rings. The summed E-state index contributed by atoms with van der Waals surface area (Å²) in [6.45, 7) is 3.69. The second-order valence-electron chi connectivity index (χ2n) is 3.58. The van der Waals surface area contributed by atoms with Gasteiger partial charge in [-0.1, -0.05) is 0 Å². The van der Waals surface area contributed by atoms with E-state index in [4.69, 9.17) is 0 Å². The highest BCUT2D eigenvalue weighted by Gasteiger charge is 2.14. The number of unbranched alkanes of at least 4 members (excludes halogenated alkanes) is 1. The fraction of sp³-hybridized carbons (Fsp3) is 0.900. The maximum Gasteiger partial charge on any atom is 0.222 e. The quantitative estimate of drug-likeness (QED) is 0.751. The van der Waals surface area contributed by atoms with Crippen molar-refractivity contribution in [1.82, 2.24) is 10.2 Å². The lowest BCUT2D eigenvalue weighted by Crippen LogP contribution is -2.46. The van der Waals surface area contributed by atoms with Crippen LogP contribution in [0.1, 0.15) is 19.3 Å². The van der Waals surface area contributed by atoms with Gasteiger partial charge in [0.1, 0.15) is 0 Å². The number of hydrogen-bond acceptors (Lipinski definition) is 3. The Bertz CT molecular complexity index is 175. The van der Waals surface area contributed by atoms with Gasteiger partial charge in [-0.05, 0) is 24.9 Å². The van der Waals surface area contributed by atoms with E-state index in [0.717, 1.165) is 39.0 Å². The minimum Gasteiger partial charge on any atom is -0.340 e. The van der Waals surface area contributed by atoms with E-state index < -0.39 is 0 Å². The van der Waals surface area contributed by atoms with E-state index >= 15 is 0 Å². The van der Waals surface area contributed by atoms with Gasteiger partial charge >= 0.3 is 0 Å². The fourth-order valence-corrected chi connectivity index (χ4v) is 2.09. The van der Waals surface area contributed by atoms with E-state index in [2.05, 4.69) is 11.6 Å². The Morgan fingerprint density at radius 2 is 2.00 bits per heavy atom. The highest BCUT2D eigenvalue weighted by molar-refractivity contribution is 7.98. The van der Waals surface area contributed by atoms with Gasteiger partial charge in [0.05, 0.1) is 0 Å². The molecule has 1 aliphatic heterocycles. The van der Waals surface area contributed by atoms with E-state index in [9.17, 15) is 4.79 Å². The number of carbonyl (C=O) groups is 1. The highest BCUT2D eigenvalue weighted by Crippen LogP contribution is 2.05. The van der Waals surface area contributed by atoms with Gasteiger partial charge in [0.2, 0.25) is 5.91 Å². The summed E-state index contributed by atoms with van der Waals surface area (Å²) >= 11 is 1.85. The summed E-state index contributed by atoms with van der Waals surface area (Å²) in [6, 6.07) is 0. The number of rotatable bonds is 5. The zero-order chi connectivity index (χ0) is 10.2. The third-order valence-corrected chi connectivity index (χ3v) is 3.16. The molecule has 0 radical (unpaired) electrons. The average molecular weight is 253 g/mol. The van der Waals surface area contributed by atoms with Crippen LogP contribution in [0.15, 0.2) is 0 Å². The molecule has 90 valence electrons. The number of carbonyl (C=O) groups excluding carboxylic acids is 1. The molecule has 0 aromatic heterocycles. The fourth-order valence-electron chi connectivity index (χ4n) is 1.59. The highest BCUT2D eigenvalue weighted by atomic mass is 35.5. The molecule has 1 saturated heterocycles. The lowest BCUT2D eigenvalue weighted by Gasteiger charge is -2.27. The van der Waals surface area contributed by atoms with E-state index in [1.54, 1.807) is 0 Å². The summed E-state index contributed by atoms with van der Waals surface area (Å²) in [5, 5.41) is 3.25. The Balaban J connectivity index is 0.00000196. The molecule has 0 saturated carbocycles. The average Bonchev–Trinajstić information content (AvgIpc) is 2.25. The van der Waals surface area contributed by atoms with Gasteiger partial charge in [0.15, 0.2) is 0 Å². The van der Waals surface area contributed by atoms with Gasteiger partial charge in [-0.2, -0.15) is 11.8 Å². The number of nitrogens with zero attached hydrogens (tertiary/aromatic N) is 1. The van der Waals surface area contributed by atoms with Gasteiger partial charge in [-0.15, -0.1) is 12.4 Å². The minimum absolute atomic E-state index is 0. The van der Waals surface area contributed by atoms with Crippen LogP contribution >= 0.6 is 24.2 Å².